The van der Waals surface area contributed by atoms with Crippen LogP contribution in [0, 0.1) is 6.92 Å². The van der Waals surface area contributed by atoms with E-state index in [-0.39, 0.29) is 11.9 Å². The second-order valence-electron chi connectivity index (χ2n) is 4.08. The van der Waals surface area contributed by atoms with Crippen molar-refractivity contribution < 1.29 is 4.79 Å². The summed E-state index contributed by atoms with van der Waals surface area (Å²) in [5.41, 5.74) is 7.52. The maximum atomic E-state index is 11.8. The van der Waals surface area contributed by atoms with Gasteiger partial charge < -0.3 is 11.1 Å². The van der Waals surface area contributed by atoms with Crippen LogP contribution in [0.5, 0.6) is 0 Å². The van der Waals surface area contributed by atoms with E-state index in [1.54, 1.807) is 6.07 Å². The molecule has 0 fully saturated rings. The highest BCUT2D eigenvalue weighted by Crippen LogP contribution is 2.11. The number of aromatic nitrogens is 1. The standard InChI is InChI=1S/C12H19N3O/c1-4-5-8(2)15-12(16)10-7-14-9(3)6-11(10)13/h6-8H,4-5H2,1-3H3,(H2,13,14)(H,15,16). The number of nitrogens with one attached hydrogen (secondary N) is 1. The van der Waals surface area contributed by atoms with Crippen molar-refractivity contribution in [3.05, 3.63) is 23.5 Å². The predicted molar refractivity (Wildman–Crippen MR) is 65.2 cm³/mol. The van der Waals surface area contributed by atoms with Crippen LogP contribution in [0.3, 0.4) is 0 Å². The average Bonchev–Trinajstić information content (AvgIpc) is 2.17. The number of hydrogen-bond acceptors (Lipinski definition) is 3. The van der Waals surface area contributed by atoms with Gasteiger partial charge in [-0.3, -0.25) is 9.78 Å². The normalized spacial score (nSPS) is 12.2. The number of carbonyl (C=O) groups excluding carboxylic acids is 1. The van der Waals surface area contributed by atoms with Gasteiger partial charge in [-0.05, 0) is 26.3 Å². The van der Waals surface area contributed by atoms with Crippen LogP contribution in [0.15, 0.2) is 12.3 Å². The Morgan fingerprint density at radius 1 is 1.62 bits per heavy atom. The highest BCUT2D eigenvalue weighted by molar-refractivity contribution is 5.98. The van der Waals surface area contributed by atoms with Crippen molar-refractivity contribution in [1.82, 2.24) is 10.3 Å². The fraction of sp³-hybridized carbons (Fsp3) is 0.500. The van der Waals surface area contributed by atoms with E-state index in [0.29, 0.717) is 11.3 Å². The summed E-state index contributed by atoms with van der Waals surface area (Å²) < 4.78 is 0. The molecule has 1 aromatic rings. The molecule has 0 spiro atoms. The number of rotatable bonds is 4. The van der Waals surface area contributed by atoms with Crippen LogP contribution in [0.1, 0.15) is 42.7 Å². The summed E-state index contributed by atoms with van der Waals surface area (Å²) in [6.45, 7) is 5.92. The zero-order valence-corrected chi connectivity index (χ0v) is 10.1. The van der Waals surface area contributed by atoms with Gasteiger partial charge in [-0.15, -0.1) is 0 Å². The molecule has 1 heterocycles. The Kier molecular flexibility index (Phi) is 4.28. The first-order valence-electron chi connectivity index (χ1n) is 5.57. The number of pyridine rings is 1. The Balaban J connectivity index is 2.73. The third-order valence-corrected chi connectivity index (χ3v) is 2.42. The molecule has 1 aromatic heterocycles. The highest BCUT2D eigenvalue weighted by Gasteiger charge is 2.12. The van der Waals surface area contributed by atoms with E-state index in [9.17, 15) is 4.79 Å². The molecule has 4 heteroatoms. The first-order chi connectivity index (χ1) is 7.54. The Bertz CT molecular complexity index is 377. The van der Waals surface area contributed by atoms with E-state index in [2.05, 4.69) is 17.2 Å². The Hall–Kier alpha value is -1.58. The number of amides is 1. The number of anilines is 1. The highest BCUT2D eigenvalue weighted by atomic mass is 16.1. The molecule has 4 nitrogen and oxygen atoms in total. The van der Waals surface area contributed by atoms with E-state index >= 15 is 0 Å². The minimum absolute atomic E-state index is 0.147. The molecule has 16 heavy (non-hydrogen) atoms. The minimum Gasteiger partial charge on any atom is -0.398 e. The number of carbonyl (C=O) groups is 1. The summed E-state index contributed by atoms with van der Waals surface area (Å²) in [5, 5.41) is 2.90. The van der Waals surface area contributed by atoms with Crippen LogP contribution in [0.25, 0.3) is 0 Å². The second kappa shape index (κ2) is 5.49. The molecule has 88 valence electrons. The summed E-state index contributed by atoms with van der Waals surface area (Å²) >= 11 is 0. The van der Waals surface area contributed by atoms with Gasteiger partial charge in [-0.1, -0.05) is 13.3 Å². The lowest BCUT2D eigenvalue weighted by Crippen LogP contribution is -2.32. The van der Waals surface area contributed by atoms with E-state index in [4.69, 9.17) is 5.73 Å². The smallest absolute Gasteiger partial charge is 0.255 e. The van der Waals surface area contributed by atoms with Gasteiger partial charge >= 0.3 is 0 Å². The maximum absolute atomic E-state index is 11.8. The molecule has 3 N–H and O–H groups in total. The lowest BCUT2D eigenvalue weighted by atomic mass is 10.1. The van der Waals surface area contributed by atoms with Gasteiger partial charge in [0, 0.05) is 23.6 Å². The molecule has 0 bridgehead atoms. The third kappa shape index (κ3) is 3.22. The fourth-order valence-corrected chi connectivity index (χ4v) is 1.58. The SMILES string of the molecule is CCCC(C)NC(=O)c1cnc(C)cc1N. The number of aryl methyl sites for hydroxylation is 1. The minimum atomic E-state index is -0.147. The van der Waals surface area contributed by atoms with E-state index in [0.717, 1.165) is 18.5 Å². The average molecular weight is 221 g/mol. The Morgan fingerprint density at radius 2 is 2.31 bits per heavy atom. The summed E-state index contributed by atoms with van der Waals surface area (Å²) in [5.74, 6) is -0.147. The Labute approximate surface area is 96.3 Å². The van der Waals surface area contributed by atoms with Crippen LogP contribution in [0.2, 0.25) is 0 Å². The van der Waals surface area contributed by atoms with Crippen LogP contribution in [0.4, 0.5) is 5.69 Å². The molecule has 0 saturated carbocycles. The van der Waals surface area contributed by atoms with Gasteiger partial charge in [0.1, 0.15) is 0 Å². The summed E-state index contributed by atoms with van der Waals surface area (Å²) in [6.07, 6.45) is 3.53. The molecule has 1 unspecified atom stereocenters. The van der Waals surface area contributed by atoms with Gasteiger partial charge in [0.05, 0.1) is 5.56 Å². The zero-order valence-electron chi connectivity index (χ0n) is 10.1. The molecule has 0 saturated heterocycles. The molecule has 0 aliphatic carbocycles. The molecular weight excluding hydrogens is 202 g/mol. The van der Waals surface area contributed by atoms with E-state index < -0.39 is 0 Å². The van der Waals surface area contributed by atoms with Crippen LogP contribution < -0.4 is 11.1 Å². The van der Waals surface area contributed by atoms with Gasteiger partial charge in [0.15, 0.2) is 0 Å². The molecule has 0 aliphatic rings. The molecule has 0 aromatic carbocycles. The van der Waals surface area contributed by atoms with Gasteiger partial charge in [-0.2, -0.15) is 0 Å². The van der Waals surface area contributed by atoms with Crippen molar-refractivity contribution in [3.8, 4) is 0 Å². The summed E-state index contributed by atoms with van der Waals surface area (Å²) in [4.78, 5) is 15.9. The van der Waals surface area contributed by atoms with E-state index in [1.165, 1.54) is 6.20 Å². The van der Waals surface area contributed by atoms with Gasteiger partial charge in [0.25, 0.3) is 5.91 Å². The molecule has 0 radical (unpaired) electrons. The molecular formula is C12H19N3O. The maximum Gasteiger partial charge on any atom is 0.255 e. The van der Waals surface area contributed by atoms with Crippen molar-refractivity contribution in [1.29, 1.82) is 0 Å². The third-order valence-electron chi connectivity index (χ3n) is 2.42. The number of nitrogen functional groups attached to an aromatic ring is 1. The van der Waals surface area contributed by atoms with Crippen LogP contribution >= 0.6 is 0 Å². The number of nitrogens with two attached hydrogens (primary N) is 1. The lowest BCUT2D eigenvalue weighted by molar-refractivity contribution is 0.0939. The van der Waals surface area contributed by atoms with Crippen LogP contribution in [-0.4, -0.2) is 16.9 Å². The second-order valence-corrected chi connectivity index (χ2v) is 4.08. The van der Waals surface area contributed by atoms with Crippen molar-refractivity contribution in [2.45, 2.75) is 39.7 Å². The summed E-state index contributed by atoms with van der Waals surface area (Å²) in [6, 6.07) is 1.87. The topological polar surface area (TPSA) is 68.0 Å². The van der Waals surface area contributed by atoms with Crippen molar-refractivity contribution in [3.63, 3.8) is 0 Å². The quantitative estimate of drug-likeness (QED) is 0.815. The van der Waals surface area contributed by atoms with Gasteiger partial charge in [-0.25, -0.2) is 0 Å². The Morgan fingerprint density at radius 3 is 2.88 bits per heavy atom. The lowest BCUT2D eigenvalue weighted by Gasteiger charge is -2.13. The van der Waals surface area contributed by atoms with Crippen molar-refractivity contribution in [2.75, 3.05) is 5.73 Å². The van der Waals surface area contributed by atoms with Gasteiger partial charge in [0.2, 0.25) is 0 Å². The monoisotopic (exact) mass is 221 g/mol. The molecule has 1 atom stereocenters. The first-order valence-corrected chi connectivity index (χ1v) is 5.57. The number of nitrogens with zero attached hydrogens (tertiary/aromatic N) is 1. The van der Waals surface area contributed by atoms with Crippen molar-refractivity contribution >= 4 is 11.6 Å². The predicted octanol–water partition coefficient (Wildman–Crippen LogP) is 1.89. The molecule has 1 amide bonds. The van der Waals surface area contributed by atoms with Crippen LogP contribution in [-0.2, 0) is 0 Å². The first kappa shape index (κ1) is 12.5. The largest absolute Gasteiger partial charge is 0.398 e. The number of hydrogen-bond donors (Lipinski definition) is 2. The van der Waals surface area contributed by atoms with E-state index in [1.807, 2.05) is 13.8 Å². The van der Waals surface area contributed by atoms with Crippen molar-refractivity contribution in [2.24, 2.45) is 0 Å². The molecule has 1 rings (SSSR count). The summed E-state index contributed by atoms with van der Waals surface area (Å²) in [7, 11) is 0. The fourth-order valence-electron chi connectivity index (χ4n) is 1.58. The zero-order chi connectivity index (χ0) is 12.1. The molecule has 0 aliphatic heterocycles.